The number of carboxylic acids is 1. The zero-order chi connectivity index (χ0) is 13.8. The van der Waals surface area contributed by atoms with E-state index in [1.807, 2.05) is 31.2 Å². The Balaban J connectivity index is 3.18. The quantitative estimate of drug-likeness (QED) is 0.791. The van der Waals surface area contributed by atoms with Crippen LogP contribution in [0.3, 0.4) is 0 Å². The lowest BCUT2D eigenvalue weighted by Gasteiger charge is -2.40. The fourth-order valence-corrected chi connectivity index (χ4v) is 2.78. The number of rotatable bonds is 6. The molecule has 0 saturated carbocycles. The first-order valence-corrected chi connectivity index (χ1v) is 7.24. The van der Waals surface area contributed by atoms with Crippen molar-refractivity contribution in [3.8, 4) is 0 Å². The maximum atomic E-state index is 11.2. The first-order valence-electron chi connectivity index (χ1n) is 6.17. The maximum absolute atomic E-state index is 11.2. The van der Waals surface area contributed by atoms with Crippen LogP contribution < -0.4 is 0 Å². The lowest BCUT2D eigenvalue weighted by atomic mass is 9.86. The molecule has 0 aromatic heterocycles. The monoisotopic (exact) mass is 361 g/mol. The average molecular weight is 361 g/mol. The summed E-state index contributed by atoms with van der Waals surface area (Å²) in [6.45, 7) is 7.82. The van der Waals surface area contributed by atoms with Crippen molar-refractivity contribution in [2.45, 2.75) is 32.7 Å². The van der Waals surface area contributed by atoms with Crippen LogP contribution in [0.15, 0.2) is 24.3 Å². The molecule has 3 nitrogen and oxygen atoms in total. The van der Waals surface area contributed by atoms with Crippen molar-refractivity contribution >= 4 is 28.6 Å². The lowest BCUT2D eigenvalue weighted by molar-refractivity contribution is -0.140. The van der Waals surface area contributed by atoms with Crippen LogP contribution in [0, 0.1) is 3.57 Å². The first-order chi connectivity index (χ1) is 8.43. The summed E-state index contributed by atoms with van der Waals surface area (Å²) < 4.78 is 1.16. The van der Waals surface area contributed by atoms with E-state index in [1.54, 1.807) is 0 Å². The summed E-state index contributed by atoms with van der Waals surface area (Å²) in [5, 5.41) is 9.18. The second-order valence-electron chi connectivity index (χ2n) is 4.52. The molecule has 1 N–H and O–H groups in total. The molecule has 0 heterocycles. The highest BCUT2D eigenvalue weighted by atomic mass is 127. The molecule has 0 aliphatic carbocycles. The summed E-state index contributed by atoms with van der Waals surface area (Å²) >= 11 is 2.26. The van der Waals surface area contributed by atoms with E-state index in [0.717, 1.165) is 22.2 Å². The summed E-state index contributed by atoms with van der Waals surface area (Å²) in [6.07, 6.45) is 0.120. The van der Waals surface area contributed by atoms with Gasteiger partial charge in [0, 0.05) is 3.57 Å². The number of hydrogen-bond donors (Lipinski definition) is 1. The van der Waals surface area contributed by atoms with Crippen molar-refractivity contribution in [2.75, 3.05) is 13.1 Å². The molecule has 1 rings (SSSR count). The van der Waals surface area contributed by atoms with Gasteiger partial charge in [0.15, 0.2) is 0 Å². The van der Waals surface area contributed by atoms with Gasteiger partial charge in [-0.05, 0) is 60.3 Å². The van der Waals surface area contributed by atoms with Crippen LogP contribution in [-0.2, 0) is 10.3 Å². The molecule has 1 aromatic carbocycles. The number of halogens is 1. The molecule has 1 aromatic rings. The van der Waals surface area contributed by atoms with Crippen molar-refractivity contribution in [1.29, 1.82) is 0 Å². The number of nitrogens with zero attached hydrogens (tertiary/aromatic N) is 1. The van der Waals surface area contributed by atoms with Gasteiger partial charge in [-0.2, -0.15) is 0 Å². The molecule has 18 heavy (non-hydrogen) atoms. The van der Waals surface area contributed by atoms with Crippen LogP contribution in [0.4, 0.5) is 0 Å². The Bertz CT molecular complexity index is 401. The van der Waals surface area contributed by atoms with Gasteiger partial charge in [0.25, 0.3) is 0 Å². The minimum Gasteiger partial charge on any atom is -0.481 e. The Hall–Kier alpha value is -0.620. The van der Waals surface area contributed by atoms with Crippen LogP contribution in [0.1, 0.15) is 32.8 Å². The second kappa shape index (κ2) is 6.52. The number of carboxylic acid groups (broad SMARTS) is 1. The van der Waals surface area contributed by atoms with E-state index in [9.17, 15) is 9.90 Å². The highest BCUT2D eigenvalue weighted by Gasteiger charge is 2.34. The van der Waals surface area contributed by atoms with Crippen molar-refractivity contribution < 1.29 is 9.90 Å². The maximum Gasteiger partial charge on any atom is 0.305 e. The molecular weight excluding hydrogens is 341 g/mol. The molecule has 0 saturated heterocycles. The van der Waals surface area contributed by atoms with Crippen LogP contribution in [0.5, 0.6) is 0 Å². The number of benzene rings is 1. The second-order valence-corrected chi connectivity index (χ2v) is 5.77. The Labute approximate surface area is 122 Å². The summed E-state index contributed by atoms with van der Waals surface area (Å²) in [7, 11) is 0. The van der Waals surface area contributed by atoms with E-state index in [-0.39, 0.29) is 6.42 Å². The minimum absolute atomic E-state index is 0.120. The summed E-state index contributed by atoms with van der Waals surface area (Å²) in [6, 6.07) is 8.12. The molecule has 1 unspecified atom stereocenters. The Morgan fingerprint density at radius 1 is 1.28 bits per heavy atom. The molecule has 100 valence electrons. The van der Waals surface area contributed by atoms with Gasteiger partial charge in [-0.3, -0.25) is 9.69 Å². The van der Waals surface area contributed by atoms with E-state index in [1.165, 1.54) is 0 Å². The van der Waals surface area contributed by atoms with E-state index in [4.69, 9.17) is 0 Å². The predicted molar refractivity (Wildman–Crippen MR) is 81.7 cm³/mol. The molecule has 0 aliphatic heterocycles. The molecule has 1 atom stereocenters. The minimum atomic E-state index is -0.761. The smallest absolute Gasteiger partial charge is 0.305 e. The Kier molecular flexibility index (Phi) is 5.59. The Morgan fingerprint density at radius 2 is 1.78 bits per heavy atom. The third-order valence-electron chi connectivity index (χ3n) is 3.42. The zero-order valence-corrected chi connectivity index (χ0v) is 13.3. The van der Waals surface area contributed by atoms with Gasteiger partial charge < -0.3 is 5.11 Å². The van der Waals surface area contributed by atoms with Gasteiger partial charge >= 0.3 is 5.97 Å². The van der Waals surface area contributed by atoms with Crippen LogP contribution in [0.25, 0.3) is 0 Å². The standard InChI is InChI=1S/C14H20INO2/c1-4-16(5-2)14(3,10-13(17)18)11-6-8-12(15)9-7-11/h6-9H,4-5,10H2,1-3H3,(H,17,18). The molecule has 0 bridgehead atoms. The van der Waals surface area contributed by atoms with Gasteiger partial charge in [0.2, 0.25) is 0 Å². The summed E-state index contributed by atoms with van der Waals surface area (Å²) in [4.78, 5) is 13.4. The van der Waals surface area contributed by atoms with E-state index >= 15 is 0 Å². The SMILES string of the molecule is CCN(CC)C(C)(CC(=O)O)c1ccc(I)cc1. The molecule has 0 spiro atoms. The summed E-state index contributed by atoms with van der Waals surface area (Å²) in [5.74, 6) is -0.761. The largest absolute Gasteiger partial charge is 0.481 e. The van der Waals surface area contributed by atoms with Crippen molar-refractivity contribution in [3.63, 3.8) is 0 Å². The predicted octanol–water partition coefficient (Wildman–Crippen LogP) is 3.32. The number of hydrogen-bond acceptors (Lipinski definition) is 2. The molecule has 0 amide bonds. The topological polar surface area (TPSA) is 40.5 Å². The van der Waals surface area contributed by atoms with E-state index in [2.05, 4.69) is 41.3 Å². The molecule has 0 radical (unpaired) electrons. The third kappa shape index (κ3) is 3.45. The van der Waals surface area contributed by atoms with Gasteiger partial charge in [0.1, 0.15) is 0 Å². The van der Waals surface area contributed by atoms with Gasteiger partial charge in [-0.25, -0.2) is 0 Å². The molecule has 0 aliphatic rings. The van der Waals surface area contributed by atoms with E-state index < -0.39 is 11.5 Å². The highest BCUT2D eigenvalue weighted by molar-refractivity contribution is 14.1. The normalized spacial score (nSPS) is 14.5. The summed E-state index contributed by atoms with van der Waals surface area (Å²) in [5.41, 5.74) is 0.619. The lowest BCUT2D eigenvalue weighted by Crippen LogP contribution is -2.45. The van der Waals surface area contributed by atoms with Gasteiger partial charge in [0.05, 0.1) is 12.0 Å². The third-order valence-corrected chi connectivity index (χ3v) is 4.14. The number of aliphatic carboxylic acids is 1. The molecule has 0 fully saturated rings. The van der Waals surface area contributed by atoms with Crippen molar-refractivity contribution in [2.24, 2.45) is 0 Å². The van der Waals surface area contributed by atoms with Crippen molar-refractivity contribution in [1.82, 2.24) is 4.90 Å². The van der Waals surface area contributed by atoms with Gasteiger partial charge in [-0.1, -0.05) is 26.0 Å². The van der Waals surface area contributed by atoms with Crippen molar-refractivity contribution in [3.05, 3.63) is 33.4 Å². The van der Waals surface area contributed by atoms with E-state index in [0.29, 0.717) is 0 Å². The Morgan fingerprint density at radius 3 is 2.17 bits per heavy atom. The zero-order valence-electron chi connectivity index (χ0n) is 11.1. The fourth-order valence-electron chi connectivity index (χ4n) is 2.42. The van der Waals surface area contributed by atoms with Crippen LogP contribution >= 0.6 is 22.6 Å². The molecular formula is C14H20INO2. The first kappa shape index (κ1) is 15.4. The molecule has 4 heteroatoms. The fraction of sp³-hybridized carbons (Fsp3) is 0.500. The number of carbonyl (C=O) groups is 1. The highest BCUT2D eigenvalue weighted by Crippen LogP contribution is 2.32. The van der Waals surface area contributed by atoms with Crippen LogP contribution in [-0.4, -0.2) is 29.1 Å². The van der Waals surface area contributed by atoms with Gasteiger partial charge in [-0.15, -0.1) is 0 Å². The average Bonchev–Trinajstić information content (AvgIpc) is 2.30. The van der Waals surface area contributed by atoms with Crippen LogP contribution in [0.2, 0.25) is 0 Å².